The molecule has 2 aromatic heterocycles. The van der Waals surface area contributed by atoms with Crippen molar-refractivity contribution in [3.05, 3.63) is 64.3 Å². The van der Waals surface area contributed by atoms with Gasteiger partial charge in [-0.3, -0.25) is 9.69 Å². The monoisotopic (exact) mass is 624 g/mol. The highest BCUT2D eigenvalue weighted by Crippen LogP contribution is 2.39. The molecule has 4 heterocycles. The SMILES string of the molecule is COc1ccc([C@]2(O)CC[C@@H](N3CCCC(C(=O)N4CCN(c5ccc(-c6cc(Cl)cc(Cl)c6)nn5)CC4)C3)CC2)cn1. The number of carbonyl (C=O) groups is 1. The minimum Gasteiger partial charge on any atom is -0.481 e. The zero-order chi connectivity index (χ0) is 30.0. The first-order chi connectivity index (χ1) is 20.8. The van der Waals surface area contributed by atoms with Crippen molar-refractivity contribution in [1.29, 1.82) is 0 Å². The Labute approximate surface area is 262 Å². The molecule has 6 rings (SSSR count). The van der Waals surface area contributed by atoms with Crippen LogP contribution in [0.4, 0.5) is 5.82 Å². The van der Waals surface area contributed by atoms with Crippen molar-refractivity contribution in [2.75, 3.05) is 51.3 Å². The van der Waals surface area contributed by atoms with Gasteiger partial charge in [-0.05, 0) is 81.5 Å². The summed E-state index contributed by atoms with van der Waals surface area (Å²) in [7, 11) is 1.59. The first-order valence-electron chi connectivity index (χ1n) is 15.1. The van der Waals surface area contributed by atoms with Gasteiger partial charge in [0.05, 0.1) is 24.3 Å². The van der Waals surface area contributed by atoms with E-state index in [4.69, 9.17) is 27.9 Å². The number of benzene rings is 1. The molecule has 0 bridgehead atoms. The Kier molecular flexibility index (Phi) is 9.05. The normalized spacial score (nSPS) is 25.0. The minimum atomic E-state index is -0.853. The number of hydrogen-bond acceptors (Lipinski definition) is 8. The number of rotatable bonds is 6. The van der Waals surface area contributed by atoms with E-state index in [2.05, 4.69) is 25.0 Å². The highest BCUT2D eigenvalue weighted by atomic mass is 35.5. The minimum absolute atomic E-state index is 0.0236. The van der Waals surface area contributed by atoms with Crippen molar-refractivity contribution in [3.8, 4) is 17.1 Å². The standard InChI is InChI=1S/C32H38Cl2N6O3/c1-43-30-7-4-24(20-35-30)32(42)10-8-27(9-11-32)40-12-2-3-22(21-40)31(41)39-15-13-38(14-16-39)29-6-5-28(36-37-29)23-17-25(33)19-26(34)18-23/h4-7,17-20,22,27,42H,2-3,8-16,21H2,1H3/t22?,27-,32+. The number of halogens is 2. The number of likely N-dealkylation sites (tertiary alicyclic amines) is 1. The molecule has 1 atom stereocenters. The molecule has 3 fully saturated rings. The molecular weight excluding hydrogens is 587 g/mol. The number of piperazine rings is 1. The highest BCUT2D eigenvalue weighted by Gasteiger charge is 2.39. The smallest absolute Gasteiger partial charge is 0.227 e. The maximum Gasteiger partial charge on any atom is 0.227 e. The molecule has 0 spiro atoms. The quantitative estimate of drug-likeness (QED) is 0.407. The molecule has 11 heteroatoms. The maximum atomic E-state index is 13.6. The lowest BCUT2D eigenvalue weighted by atomic mass is 9.77. The van der Waals surface area contributed by atoms with Crippen LogP contribution in [0.3, 0.4) is 0 Å². The van der Waals surface area contributed by atoms with Crippen LogP contribution in [0.1, 0.15) is 44.1 Å². The lowest BCUT2D eigenvalue weighted by Gasteiger charge is -2.44. The van der Waals surface area contributed by atoms with E-state index in [1.165, 1.54) is 0 Å². The molecule has 1 aromatic carbocycles. The summed E-state index contributed by atoms with van der Waals surface area (Å²) < 4.78 is 5.16. The predicted molar refractivity (Wildman–Crippen MR) is 168 cm³/mol. The van der Waals surface area contributed by atoms with Gasteiger partial charge in [0.15, 0.2) is 5.82 Å². The Balaban J connectivity index is 0.998. The number of methoxy groups -OCH3 is 1. The molecule has 1 aliphatic carbocycles. The van der Waals surface area contributed by atoms with Crippen LogP contribution >= 0.6 is 23.2 Å². The molecule has 2 aliphatic heterocycles. The summed E-state index contributed by atoms with van der Waals surface area (Å²) in [6.07, 6.45) is 6.90. The van der Waals surface area contributed by atoms with Crippen LogP contribution in [0, 0.1) is 5.92 Å². The summed E-state index contributed by atoms with van der Waals surface area (Å²) in [5.41, 5.74) is 1.54. The van der Waals surface area contributed by atoms with Crippen LogP contribution in [-0.2, 0) is 10.4 Å². The summed E-state index contributed by atoms with van der Waals surface area (Å²) in [6, 6.07) is 13.3. The molecule has 43 heavy (non-hydrogen) atoms. The second kappa shape index (κ2) is 12.9. The third-order valence-electron chi connectivity index (χ3n) is 9.31. The molecule has 0 radical (unpaired) electrons. The third kappa shape index (κ3) is 6.75. The lowest BCUT2D eigenvalue weighted by molar-refractivity contribution is -0.138. The van der Waals surface area contributed by atoms with E-state index in [0.717, 1.165) is 68.8 Å². The van der Waals surface area contributed by atoms with E-state index < -0.39 is 5.60 Å². The van der Waals surface area contributed by atoms with Gasteiger partial charge in [0.1, 0.15) is 0 Å². The van der Waals surface area contributed by atoms with Crippen LogP contribution in [-0.4, -0.2) is 88.4 Å². The fourth-order valence-corrected chi connectivity index (χ4v) is 7.34. The van der Waals surface area contributed by atoms with Gasteiger partial charge >= 0.3 is 0 Å². The largest absolute Gasteiger partial charge is 0.481 e. The number of piperidine rings is 1. The van der Waals surface area contributed by atoms with Gasteiger partial charge in [-0.15, -0.1) is 10.2 Å². The number of aliphatic hydroxyl groups is 1. The average Bonchev–Trinajstić information content (AvgIpc) is 3.04. The molecule has 1 N–H and O–H groups in total. The summed E-state index contributed by atoms with van der Waals surface area (Å²) in [4.78, 5) is 24.6. The highest BCUT2D eigenvalue weighted by molar-refractivity contribution is 6.35. The van der Waals surface area contributed by atoms with Crippen molar-refractivity contribution < 1.29 is 14.6 Å². The fourth-order valence-electron chi connectivity index (χ4n) is 6.81. The Morgan fingerprint density at radius 1 is 0.953 bits per heavy atom. The van der Waals surface area contributed by atoms with Gasteiger partial charge in [-0.1, -0.05) is 23.2 Å². The third-order valence-corrected chi connectivity index (χ3v) is 9.74. The summed E-state index contributed by atoms with van der Waals surface area (Å²) in [5.74, 6) is 1.64. The van der Waals surface area contributed by atoms with Gasteiger partial charge in [-0.2, -0.15) is 0 Å². The van der Waals surface area contributed by atoms with E-state index in [1.54, 1.807) is 19.4 Å². The van der Waals surface area contributed by atoms with Gasteiger partial charge in [0, 0.05) is 72.2 Å². The second-order valence-electron chi connectivity index (χ2n) is 11.9. The van der Waals surface area contributed by atoms with Crippen LogP contribution in [0.25, 0.3) is 11.3 Å². The summed E-state index contributed by atoms with van der Waals surface area (Å²) >= 11 is 12.3. The molecule has 2 saturated heterocycles. The van der Waals surface area contributed by atoms with Gasteiger partial charge in [-0.25, -0.2) is 4.98 Å². The molecule has 3 aromatic rings. The zero-order valence-corrected chi connectivity index (χ0v) is 26.0. The Morgan fingerprint density at radius 2 is 1.70 bits per heavy atom. The van der Waals surface area contributed by atoms with E-state index in [9.17, 15) is 9.90 Å². The van der Waals surface area contributed by atoms with E-state index in [1.807, 2.05) is 41.3 Å². The van der Waals surface area contributed by atoms with Gasteiger partial charge in [0.25, 0.3) is 0 Å². The van der Waals surface area contributed by atoms with Crippen LogP contribution in [0.5, 0.6) is 5.88 Å². The Hall–Kier alpha value is -2.98. The molecule has 228 valence electrons. The van der Waals surface area contributed by atoms with E-state index >= 15 is 0 Å². The first kappa shape index (κ1) is 30.1. The zero-order valence-electron chi connectivity index (χ0n) is 24.5. The van der Waals surface area contributed by atoms with Crippen LogP contribution in [0.2, 0.25) is 10.0 Å². The number of aromatic nitrogens is 3. The van der Waals surface area contributed by atoms with E-state index in [0.29, 0.717) is 53.6 Å². The Morgan fingerprint density at radius 3 is 2.33 bits per heavy atom. The number of pyridine rings is 1. The number of carbonyl (C=O) groups excluding carboxylic acids is 1. The van der Waals surface area contributed by atoms with E-state index in [-0.39, 0.29) is 11.8 Å². The number of anilines is 1. The number of ether oxygens (including phenoxy) is 1. The molecule has 3 aliphatic rings. The topological polar surface area (TPSA) is 94.9 Å². The molecular formula is C32H38Cl2N6O3. The number of hydrogen-bond donors (Lipinski definition) is 1. The lowest BCUT2D eigenvalue weighted by Crippen LogP contribution is -2.54. The number of nitrogens with zero attached hydrogens (tertiary/aromatic N) is 6. The van der Waals surface area contributed by atoms with Crippen molar-refractivity contribution in [3.63, 3.8) is 0 Å². The Bertz CT molecular complexity index is 1390. The van der Waals surface area contributed by atoms with Crippen molar-refractivity contribution >= 4 is 34.9 Å². The fraction of sp³-hybridized carbons (Fsp3) is 0.500. The van der Waals surface area contributed by atoms with Crippen molar-refractivity contribution in [2.24, 2.45) is 5.92 Å². The molecule has 1 amide bonds. The van der Waals surface area contributed by atoms with Crippen LogP contribution in [0.15, 0.2) is 48.7 Å². The maximum absolute atomic E-state index is 13.6. The molecule has 9 nitrogen and oxygen atoms in total. The molecule has 1 saturated carbocycles. The second-order valence-corrected chi connectivity index (χ2v) is 12.8. The van der Waals surface area contributed by atoms with Crippen molar-refractivity contribution in [2.45, 2.75) is 50.2 Å². The molecule has 1 unspecified atom stereocenters. The summed E-state index contributed by atoms with van der Waals surface area (Å²) in [6.45, 7) is 4.61. The van der Waals surface area contributed by atoms with Crippen LogP contribution < -0.4 is 9.64 Å². The average molecular weight is 626 g/mol. The number of amides is 1. The van der Waals surface area contributed by atoms with Gasteiger partial charge < -0.3 is 19.6 Å². The predicted octanol–water partition coefficient (Wildman–Crippen LogP) is 5.05. The van der Waals surface area contributed by atoms with Crippen molar-refractivity contribution in [1.82, 2.24) is 25.0 Å². The summed E-state index contributed by atoms with van der Waals surface area (Å²) in [5, 5.41) is 21.3. The van der Waals surface area contributed by atoms with Gasteiger partial charge in [0.2, 0.25) is 11.8 Å². The first-order valence-corrected chi connectivity index (χ1v) is 15.9.